The van der Waals surface area contributed by atoms with Crippen LogP contribution in [0.15, 0.2) is 82.8 Å². The number of halogens is 1. The Morgan fingerprint density at radius 3 is 2.31 bits per heavy atom. The Bertz CT molecular complexity index is 1140. The number of hydrogen-bond donors (Lipinski definition) is 1. The van der Waals surface area contributed by atoms with Crippen LogP contribution in [0.1, 0.15) is 21.5 Å². The second-order valence-corrected chi connectivity index (χ2v) is 7.77. The molecule has 0 atom stereocenters. The smallest absolute Gasteiger partial charge is 0.346 e. The maximum Gasteiger partial charge on any atom is 0.346 e. The number of benzene rings is 3. The number of carbonyl (C=O) groups excluding carboxylic acids is 1. The van der Waals surface area contributed by atoms with E-state index in [2.05, 4.69) is 9.93 Å². The summed E-state index contributed by atoms with van der Waals surface area (Å²) in [5.41, 5.74) is 1.36. The molecule has 0 fully saturated rings. The Labute approximate surface area is 167 Å². The van der Waals surface area contributed by atoms with E-state index in [1.807, 2.05) is 6.92 Å². The first-order valence-electron chi connectivity index (χ1n) is 8.53. The molecule has 0 amide bonds. The molecule has 0 aliphatic carbocycles. The van der Waals surface area contributed by atoms with Crippen molar-refractivity contribution in [3.8, 4) is 5.75 Å². The fourth-order valence-corrected chi connectivity index (χ4v) is 3.14. The minimum atomic E-state index is -3.76. The van der Waals surface area contributed by atoms with Crippen LogP contribution >= 0.6 is 0 Å². The van der Waals surface area contributed by atoms with E-state index in [0.29, 0.717) is 5.56 Å². The highest BCUT2D eigenvalue weighted by molar-refractivity contribution is 7.89. The van der Waals surface area contributed by atoms with E-state index >= 15 is 0 Å². The quantitative estimate of drug-likeness (QED) is 0.290. The van der Waals surface area contributed by atoms with Crippen LogP contribution in [0.25, 0.3) is 0 Å². The summed E-state index contributed by atoms with van der Waals surface area (Å²) in [6.45, 7) is 1.86. The molecule has 0 spiro atoms. The number of sulfonamides is 1. The highest BCUT2D eigenvalue weighted by Crippen LogP contribution is 2.15. The summed E-state index contributed by atoms with van der Waals surface area (Å²) in [5.74, 6) is -1.26. The van der Waals surface area contributed by atoms with Crippen molar-refractivity contribution in [2.24, 2.45) is 5.10 Å². The maximum atomic E-state index is 13.6. The number of rotatable bonds is 6. The van der Waals surface area contributed by atoms with Gasteiger partial charge in [-0.1, -0.05) is 29.8 Å². The number of carbonyl (C=O) groups is 1. The highest BCUT2D eigenvalue weighted by Gasteiger charge is 2.13. The first-order valence-corrected chi connectivity index (χ1v) is 10.0. The number of ether oxygens (including phenoxy) is 1. The highest BCUT2D eigenvalue weighted by atomic mass is 32.2. The largest absolute Gasteiger partial charge is 0.423 e. The lowest BCUT2D eigenvalue weighted by Crippen LogP contribution is -2.18. The van der Waals surface area contributed by atoms with Crippen molar-refractivity contribution in [3.63, 3.8) is 0 Å². The molecule has 0 saturated carbocycles. The number of hydrazone groups is 1. The molecule has 0 unspecified atom stereocenters. The van der Waals surface area contributed by atoms with Gasteiger partial charge in [-0.2, -0.15) is 13.5 Å². The van der Waals surface area contributed by atoms with Crippen LogP contribution in [0.2, 0.25) is 0 Å². The normalized spacial score (nSPS) is 11.4. The van der Waals surface area contributed by atoms with Gasteiger partial charge in [0, 0.05) is 0 Å². The minimum absolute atomic E-state index is 0.107. The number of aryl methyl sites for hydroxylation is 1. The Balaban J connectivity index is 1.62. The second kappa shape index (κ2) is 8.66. The van der Waals surface area contributed by atoms with Gasteiger partial charge in [-0.25, -0.2) is 14.0 Å². The molecule has 0 aliphatic rings. The van der Waals surface area contributed by atoms with Gasteiger partial charge in [0.25, 0.3) is 10.0 Å². The third-order valence-electron chi connectivity index (χ3n) is 3.90. The van der Waals surface area contributed by atoms with Gasteiger partial charge in [0.05, 0.1) is 16.7 Å². The molecule has 1 N–H and O–H groups in total. The Morgan fingerprint density at radius 1 is 1.00 bits per heavy atom. The van der Waals surface area contributed by atoms with Crippen molar-refractivity contribution in [2.45, 2.75) is 11.8 Å². The van der Waals surface area contributed by atoms with Crippen molar-refractivity contribution < 1.29 is 22.3 Å². The maximum absolute atomic E-state index is 13.6. The fraction of sp³-hybridized carbons (Fsp3) is 0.0476. The van der Waals surface area contributed by atoms with Gasteiger partial charge in [-0.3, -0.25) is 0 Å². The van der Waals surface area contributed by atoms with E-state index in [-0.39, 0.29) is 16.2 Å². The number of hydrogen-bond acceptors (Lipinski definition) is 5. The lowest BCUT2D eigenvalue weighted by Gasteiger charge is -2.05. The van der Waals surface area contributed by atoms with Crippen molar-refractivity contribution in [3.05, 3.63) is 95.3 Å². The summed E-state index contributed by atoms with van der Waals surface area (Å²) in [4.78, 5) is 14.2. The average Bonchev–Trinajstić information content (AvgIpc) is 2.70. The Morgan fingerprint density at radius 2 is 1.66 bits per heavy atom. The summed E-state index contributed by atoms with van der Waals surface area (Å²) in [6, 6.07) is 18.0. The molecular weight excluding hydrogens is 395 g/mol. The van der Waals surface area contributed by atoms with Crippen LogP contribution in [0.4, 0.5) is 4.39 Å². The van der Waals surface area contributed by atoms with Crippen LogP contribution in [0.3, 0.4) is 0 Å². The van der Waals surface area contributed by atoms with Gasteiger partial charge in [-0.05, 0) is 61.0 Å². The molecule has 3 aromatic rings. The summed E-state index contributed by atoms with van der Waals surface area (Å²) in [7, 11) is -3.76. The fourth-order valence-electron chi connectivity index (χ4n) is 2.35. The molecule has 0 heterocycles. The molecule has 0 aromatic heterocycles. The van der Waals surface area contributed by atoms with Crippen LogP contribution in [0, 0.1) is 12.7 Å². The molecule has 0 saturated heterocycles. The van der Waals surface area contributed by atoms with Gasteiger partial charge < -0.3 is 4.74 Å². The Kier molecular flexibility index (Phi) is 6.04. The molecule has 0 radical (unpaired) electrons. The molecule has 3 aromatic carbocycles. The SMILES string of the molecule is Cc1ccc(S(=O)(=O)N/N=C\c2ccc(OC(=O)c3ccccc3F)cc2)cc1. The summed E-state index contributed by atoms with van der Waals surface area (Å²) >= 11 is 0. The first kappa shape index (κ1) is 20.2. The second-order valence-electron chi connectivity index (χ2n) is 6.10. The third-order valence-corrected chi connectivity index (χ3v) is 5.14. The average molecular weight is 412 g/mol. The zero-order valence-electron chi connectivity index (χ0n) is 15.4. The van der Waals surface area contributed by atoms with Gasteiger partial charge in [0.15, 0.2) is 0 Å². The monoisotopic (exact) mass is 412 g/mol. The van der Waals surface area contributed by atoms with E-state index in [1.54, 1.807) is 24.3 Å². The number of esters is 1. The lowest BCUT2D eigenvalue weighted by molar-refractivity contribution is 0.0730. The molecule has 8 heteroatoms. The van der Waals surface area contributed by atoms with Gasteiger partial charge in [-0.15, -0.1) is 0 Å². The molecule has 148 valence electrons. The zero-order chi connectivity index (χ0) is 20.9. The van der Waals surface area contributed by atoms with Crippen LogP contribution in [-0.2, 0) is 10.0 Å². The predicted molar refractivity (Wildman–Crippen MR) is 107 cm³/mol. The minimum Gasteiger partial charge on any atom is -0.423 e. The third kappa shape index (κ3) is 5.26. The zero-order valence-corrected chi connectivity index (χ0v) is 16.2. The van der Waals surface area contributed by atoms with Crippen LogP contribution in [-0.4, -0.2) is 20.6 Å². The van der Waals surface area contributed by atoms with Crippen molar-refractivity contribution in [1.82, 2.24) is 4.83 Å². The molecular formula is C21H17FN2O4S. The first-order chi connectivity index (χ1) is 13.8. The van der Waals surface area contributed by atoms with Crippen LogP contribution < -0.4 is 9.57 Å². The lowest BCUT2D eigenvalue weighted by atomic mass is 10.2. The predicted octanol–water partition coefficient (Wildman–Crippen LogP) is 3.67. The Hall–Kier alpha value is -3.52. The number of nitrogens with zero attached hydrogens (tertiary/aromatic N) is 1. The molecule has 0 aliphatic heterocycles. The van der Waals surface area contributed by atoms with Crippen molar-refractivity contribution >= 4 is 22.2 Å². The van der Waals surface area contributed by atoms with Crippen LogP contribution in [0.5, 0.6) is 5.75 Å². The molecule has 6 nitrogen and oxygen atoms in total. The standard InChI is InChI=1S/C21H17FN2O4S/c1-15-6-12-18(13-7-15)29(26,27)24-23-14-16-8-10-17(11-9-16)28-21(25)19-4-2-3-5-20(19)22/h2-14,24H,1H3/b23-14-. The summed E-state index contributed by atoms with van der Waals surface area (Å²) < 4.78 is 43.1. The van der Waals surface area contributed by atoms with E-state index in [4.69, 9.17) is 4.74 Å². The van der Waals surface area contributed by atoms with Crippen molar-refractivity contribution in [2.75, 3.05) is 0 Å². The van der Waals surface area contributed by atoms with Gasteiger partial charge in [0.1, 0.15) is 11.6 Å². The van der Waals surface area contributed by atoms with E-state index < -0.39 is 21.8 Å². The molecule has 3 rings (SSSR count). The number of nitrogens with one attached hydrogen (secondary N) is 1. The summed E-state index contributed by atoms with van der Waals surface area (Å²) in [6.07, 6.45) is 1.31. The molecule has 29 heavy (non-hydrogen) atoms. The van der Waals surface area contributed by atoms with Crippen molar-refractivity contribution in [1.29, 1.82) is 0 Å². The van der Waals surface area contributed by atoms with E-state index in [9.17, 15) is 17.6 Å². The topological polar surface area (TPSA) is 84.8 Å². The summed E-state index contributed by atoms with van der Waals surface area (Å²) in [5, 5.41) is 3.74. The van der Waals surface area contributed by atoms with E-state index in [1.165, 1.54) is 54.7 Å². The van der Waals surface area contributed by atoms with E-state index in [0.717, 1.165) is 5.56 Å². The van der Waals surface area contributed by atoms with Gasteiger partial charge in [0.2, 0.25) is 0 Å². The molecule has 0 bridgehead atoms. The van der Waals surface area contributed by atoms with Gasteiger partial charge >= 0.3 is 5.97 Å².